The Morgan fingerprint density at radius 3 is 2.10 bits per heavy atom. The highest BCUT2D eigenvalue weighted by molar-refractivity contribution is 6.06. The molecule has 0 fully saturated rings. The molecule has 0 saturated carbocycles. The maximum Gasteiger partial charge on any atom is 0.261 e. The van der Waals surface area contributed by atoms with Crippen molar-refractivity contribution in [1.29, 1.82) is 0 Å². The molecule has 0 unspecified atom stereocenters. The van der Waals surface area contributed by atoms with Crippen LogP contribution in [0.5, 0.6) is 0 Å². The smallest absolute Gasteiger partial charge is 0.261 e. The number of benzene rings is 1. The van der Waals surface area contributed by atoms with Crippen molar-refractivity contribution >= 4 is 11.6 Å². The zero-order valence-electron chi connectivity index (χ0n) is 19.7. The second-order valence-electron chi connectivity index (χ2n) is 8.04. The van der Waals surface area contributed by atoms with Gasteiger partial charge in [-0.2, -0.15) is 0 Å². The van der Waals surface area contributed by atoms with Crippen LogP contribution in [0.25, 0.3) is 0 Å². The highest BCUT2D eigenvalue weighted by Crippen LogP contribution is 2.24. The normalized spacial score (nSPS) is 11.0. The molecule has 0 aliphatic carbocycles. The SMILES string of the molecule is CCCCCCn1c(C)c(C(=O)Nc2c(CC)cccc2CC)c(=O)c(C)c1CC. The fourth-order valence-corrected chi connectivity index (χ4v) is 4.32. The second kappa shape index (κ2) is 11.1. The summed E-state index contributed by atoms with van der Waals surface area (Å²) in [6.07, 6.45) is 7.07. The number of para-hydroxylation sites is 1. The molecule has 0 radical (unpaired) electrons. The minimum atomic E-state index is -0.291. The zero-order chi connectivity index (χ0) is 22.3. The molecule has 1 aromatic heterocycles. The molecule has 0 saturated heterocycles. The van der Waals surface area contributed by atoms with E-state index >= 15 is 0 Å². The van der Waals surface area contributed by atoms with Crippen LogP contribution in [0, 0.1) is 13.8 Å². The van der Waals surface area contributed by atoms with Crippen LogP contribution in [0.3, 0.4) is 0 Å². The van der Waals surface area contributed by atoms with Crippen LogP contribution in [-0.2, 0) is 25.8 Å². The van der Waals surface area contributed by atoms with Gasteiger partial charge in [-0.05, 0) is 50.7 Å². The van der Waals surface area contributed by atoms with Gasteiger partial charge in [-0.1, -0.05) is 65.2 Å². The first-order chi connectivity index (χ1) is 14.4. The van der Waals surface area contributed by atoms with Crippen LogP contribution in [0.2, 0.25) is 0 Å². The van der Waals surface area contributed by atoms with Gasteiger partial charge < -0.3 is 9.88 Å². The molecule has 1 heterocycles. The maximum absolute atomic E-state index is 13.3. The number of carbonyl (C=O) groups excluding carboxylic acids is 1. The largest absolute Gasteiger partial charge is 0.348 e. The van der Waals surface area contributed by atoms with Gasteiger partial charge >= 0.3 is 0 Å². The van der Waals surface area contributed by atoms with Crippen molar-refractivity contribution in [2.45, 2.75) is 93.0 Å². The molecule has 0 aliphatic rings. The molecule has 164 valence electrons. The second-order valence-corrected chi connectivity index (χ2v) is 8.04. The summed E-state index contributed by atoms with van der Waals surface area (Å²) in [7, 11) is 0. The van der Waals surface area contributed by atoms with E-state index < -0.39 is 0 Å². The quantitative estimate of drug-likeness (QED) is 0.490. The van der Waals surface area contributed by atoms with Crippen LogP contribution in [0.4, 0.5) is 5.69 Å². The minimum Gasteiger partial charge on any atom is -0.348 e. The van der Waals surface area contributed by atoms with Gasteiger partial charge in [0.25, 0.3) is 5.91 Å². The average molecular weight is 411 g/mol. The summed E-state index contributed by atoms with van der Waals surface area (Å²) < 4.78 is 2.20. The zero-order valence-corrected chi connectivity index (χ0v) is 19.7. The molecule has 1 amide bonds. The van der Waals surface area contributed by atoms with E-state index in [0.29, 0.717) is 5.56 Å². The molecule has 4 heteroatoms. The molecule has 1 N–H and O–H groups in total. The van der Waals surface area contributed by atoms with Crippen molar-refractivity contribution in [2.75, 3.05) is 5.32 Å². The van der Waals surface area contributed by atoms with Gasteiger partial charge in [0.15, 0.2) is 5.43 Å². The van der Waals surface area contributed by atoms with E-state index in [1.165, 1.54) is 12.8 Å². The number of pyridine rings is 1. The summed E-state index contributed by atoms with van der Waals surface area (Å²) in [5.74, 6) is -0.291. The van der Waals surface area contributed by atoms with Crippen molar-refractivity contribution in [3.05, 3.63) is 62.1 Å². The molecule has 0 bridgehead atoms. The topological polar surface area (TPSA) is 51.1 Å². The Labute approximate surface area is 181 Å². The molecule has 0 atom stereocenters. The van der Waals surface area contributed by atoms with Crippen LogP contribution in [-0.4, -0.2) is 10.5 Å². The van der Waals surface area contributed by atoms with Gasteiger partial charge in [-0.25, -0.2) is 0 Å². The number of aryl methyl sites for hydroxylation is 2. The van der Waals surface area contributed by atoms with Crippen LogP contribution >= 0.6 is 0 Å². The Kier molecular flexibility index (Phi) is 8.88. The highest BCUT2D eigenvalue weighted by Gasteiger charge is 2.22. The number of amides is 1. The first-order valence-electron chi connectivity index (χ1n) is 11.6. The Hall–Kier alpha value is -2.36. The van der Waals surface area contributed by atoms with Crippen molar-refractivity contribution < 1.29 is 4.79 Å². The average Bonchev–Trinajstić information content (AvgIpc) is 2.74. The van der Waals surface area contributed by atoms with Gasteiger partial charge in [0, 0.05) is 29.2 Å². The van der Waals surface area contributed by atoms with Gasteiger partial charge in [0.05, 0.1) is 0 Å². The third kappa shape index (κ3) is 5.03. The van der Waals surface area contributed by atoms with E-state index in [1.807, 2.05) is 32.0 Å². The van der Waals surface area contributed by atoms with Gasteiger partial charge in [-0.3, -0.25) is 9.59 Å². The molecule has 2 rings (SSSR count). The first kappa shape index (κ1) is 23.9. The predicted octanol–water partition coefficient (Wildman–Crippen LogP) is 5.98. The number of carbonyl (C=O) groups is 1. The van der Waals surface area contributed by atoms with Crippen LogP contribution in [0.1, 0.15) is 91.8 Å². The van der Waals surface area contributed by atoms with E-state index in [1.54, 1.807) is 0 Å². The van der Waals surface area contributed by atoms with E-state index in [9.17, 15) is 9.59 Å². The van der Waals surface area contributed by atoms with E-state index in [-0.39, 0.29) is 16.9 Å². The van der Waals surface area contributed by atoms with Crippen LogP contribution < -0.4 is 10.7 Å². The number of rotatable bonds is 10. The molecular weight excluding hydrogens is 372 g/mol. The Bertz CT molecular complexity index is 919. The molecule has 1 aromatic carbocycles. The molecular formula is C26H38N2O2. The van der Waals surface area contributed by atoms with E-state index in [2.05, 4.69) is 37.6 Å². The van der Waals surface area contributed by atoms with Crippen LogP contribution in [0.15, 0.2) is 23.0 Å². The number of aromatic nitrogens is 1. The number of nitrogens with zero attached hydrogens (tertiary/aromatic N) is 1. The lowest BCUT2D eigenvalue weighted by atomic mass is 10.0. The summed E-state index contributed by atoms with van der Waals surface area (Å²) >= 11 is 0. The summed E-state index contributed by atoms with van der Waals surface area (Å²) in [6, 6.07) is 6.11. The molecule has 2 aromatic rings. The Morgan fingerprint density at radius 1 is 0.933 bits per heavy atom. The molecule has 0 spiro atoms. The number of hydrogen-bond acceptors (Lipinski definition) is 2. The summed E-state index contributed by atoms with van der Waals surface area (Å²) in [6.45, 7) is 13.1. The highest BCUT2D eigenvalue weighted by atomic mass is 16.2. The summed E-state index contributed by atoms with van der Waals surface area (Å²) in [5.41, 5.74) is 5.73. The lowest BCUT2D eigenvalue weighted by Crippen LogP contribution is -2.30. The van der Waals surface area contributed by atoms with Crippen molar-refractivity contribution in [3.63, 3.8) is 0 Å². The monoisotopic (exact) mass is 410 g/mol. The van der Waals surface area contributed by atoms with Crippen molar-refractivity contribution in [1.82, 2.24) is 4.57 Å². The summed E-state index contributed by atoms with van der Waals surface area (Å²) in [5, 5.41) is 3.09. The standard InChI is InChI=1S/C26H38N2O2/c1-7-11-12-13-17-28-19(6)23(25(29)18(5)22(28)10-4)26(30)27-24-20(8-2)15-14-16-21(24)9-3/h14-16H,7-13,17H2,1-6H3,(H,27,30). The fraction of sp³-hybridized carbons (Fsp3) is 0.538. The first-order valence-corrected chi connectivity index (χ1v) is 11.6. The number of nitrogens with one attached hydrogen (secondary N) is 1. The third-order valence-corrected chi connectivity index (χ3v) is 6.13. The van der Waals surface area contributed by atoms with Gasteiger partial charge in [0.2, 0.25) is 0 Å². The number of hydrogen-bond donors (Lipinski definition) is 1. The Morgan fingerprint density at radius 2 is 1.57 bits per heavy atom. The number of anilines is 1. The predicted molar refractivity (Wildman–Crippen MR) is 127 cm³/mol. The van der Waals surface area contributed by atoms with E-state index in [0.717, 1.165) is 66.9 Å². The fourth-order valence-electron chi connectivity index (χ4n) is 4.32. The Balaban J connectivity index is 2.50. The molecule has 0 aliphatic heterocycles. The minimum absolute atomic E-state index is 0.140. The lowest BCUT2D eigenvalue weighted by Gasteiger charge is -2.22. The summed E-state index contributed by atoms with van der Waals surface area (Å²) in [4.78, 5) is 26.5. The van der Waals surface area contributed by atoms with Gasteiger partial charge in [-0.15, -0.1) is 0 Å². The number of unbranched alkanes of at least 4 members (excludes halogenated alkanes) is 3. The molecule has 4 nitrogen and oxygen atoms in total. The van der Waals surface area contributed by atoms with Crippen molar-refractivity contribution in [2.24, 2.45) is 0 Å². The van der Waals surface area contributed by atoms with E-state index in [4.69, 9.17) is 0 Å². The van der Waals surface area contributed by atoms with Gasteiger partial charge in [0.1, 0.15) is 5.56 Å². The maximum atomic E-state index is 13.3. The molecule has 30 heavy (non-hydrogen) atoms. The van der Waals surface area contributed by atoms with Crippen molar-refractivity contribution in [3.8, 4) is 0 Å². The third-order valence-electron chi connectivity index (χ3n) is 6.13. The lowest BCUT2D eigenvalue weighted by molar-refractivity contribution is 0.102.